The van der Waals surface area contributed by atoms with Gasteiger partial charge < -0.3 is 10.2 Å². The molecule has 0 radical (unpaired) electrons. The number of likely N-dealkylation sites (N-methyl/N-ethyl adjacent to an activating group) is 1. The highest BCUT2D eigenvalue weighted by molar-refractivity contribution is 7.10. The van der Waals surface area contributed by atoms with Crippen molar-refractivity contribution in [2.75, 3.05) is 20.6 Å². The first kappa shape index (κ1) is 17.7. The molecule has 0 aliphatic rings. The number of carbonyl (C=O) groups excluding carboxylic acids is 1. The van der Waals surface area contributed by atoms with Crippen molar-refractivity contribution in [1.82, 2.24) is 10.2 Å². The molecule has 124 valence electrons. The van der Waals surface area contributed by atoms with Crippen molar-refractivity contribution in [3.63, 3.8) is 0 Å². The molecule has 0 aliphatic heterocycles. The zero-order chi connectivity index (χ0) is 17.0. The fraction of sp³-hybridized carbons (Fsp3) is 0.421. The lowest BCUT2D eigenvalue weighted by Crippen LogP contribution is -2.34. The summed E-state index contributed by atoms with van der Waals surface area (Å²) in [5.41, 5.74) is 2.05. The Hall–Kier alpha value is -1.65. The smallest absolute Gasteiger partial charge is 0.251 e. The molecule has 0 fully saturated rings. The quantitative estimate of drug-likeness (QED) is 0.896. The molecule has 1 heterocycles. The summed E-state index contributed by atoms with van der Waals surface area (Å²) in [6.45, 7) is 7.12. The summed E-state index contributed by atoms with van der Waals surface area (Å²) in [7, 11) is 4.07. The predicted molar refractivity (Wildman–Crippen MR) is 98.2 cm³/mol. The zero-order valence-electron chi connectivity index (χ0n) is 14.6. The van der Waals surface area contributed by atoms with E-state index in [1.54, 1.807) is 11.3 Å². The molecule has 2 aromatic rings. The van der Waals surface area contributed by atoms with Gasteiger partial charge in [0, 0.05) is 17.0 Å². The normalized spacial score (nSPS) is 13.1. The SMILES string of the molecule is CN(C)C(CNC(=O)c1ccc(C(C)(C)C)cc1)c1cccs1. The lowest BCUT2D eigenvalue weighted by Gasteiger charge is -2.23. The number of nitrogens with zero attached hydrogens (tertiary/aromatic N) is 1. The third-order valence-electron chi connectivity index (χ3n) is 3.96. The Morgan fingerprint density at radius 1 is 1.17 bits per heavy atom. The molecular weight excluding hydrogens is 304 g/mol. The van der Waals surface area contributed by atoms with Gasteiger partial charge in [0.25, 0.3) is 5.91 Å². The topological polar surface area (TPSA) is 32.3 Å². The summed E-state index contributed by atoms with van der Waals surface area (Å²) in [5.74, 6) is -0.0196. The molecule has 1 unspecified atom stereocenters. The van der Waals surface area contributed by atoms with Crippen LogP contribution in [-0.2, 0) is 5.41 Å². The molecule has 0 bridgehead atoms. The summed E-state index contributed by atoms with van der Waals surface area (Å²) in [6, 6.07) is 12.3. The summed E-state index contributed by atoms with van der Waals surface area (Å²) in [5, 5.41) is 5.12. The van der Waals surface area contributed by atoms with Crippen LogP contribution in [0.5, 0.6) is 0 Å². The molecule has 0 saturated carbocycles. The molecular formula is C19H26N2OS. The number of benzene rings is 1. The van der Waals surface area contributed by atoms with Gasteiger partial charge >= 0.3 is 0 Å². The average Bonchev–Trinajstić information content (AvgIpc) is 3.00. The maximum absolute atomic E-state index is 12.4. The molecule has 1 atom stereocenters. The number of carbonyl (C=O) groups is 1. The second kappa shape index (κ2) is 7.28. The van der Waals surface area contributed by atoms with E-state index in [9.17, 15) is 4.79 Å². The molecule has 23 heavy (non-hydrogen) atoms. The first-order chi connectivity index (χ1) is 10.8. The molecule has 1 aromatic carbocycles. The maximum Gasteiger partial charge on any atom is 0.251 e. The van der Waals surface area contributed by atoms with Gasteiger partial charge in [-0.15, -0.1) is 11.3 Å². The third kappa shape index (κ3) is 4.66. The van der Waals surface area contributed by atoms with Crippen LogP contribution in [0.3, 0.4) is 0 Å². The maximum atomic E-state index is 12.4. The van der Waals surface area contributed by atoms with Crippen LogP contribution in [0.1, 0.15) is 47.6 Å². The second-order valence-corrected chi connectivity index (χ2v) is 8.01. The average molecular weight is 330 g/mol. The summed E-state index contributed by atoms with van der Waals surface area (Å²) < 4.78 is 0. The van der Waals surface area contributed by atoms with Gasteiger partial charge in [0.05, 0.1) is 6.04 Å². The van der Waals surface area contributed by atoms with Crippen molar-refractivity contribution in [3.8, 4) is 0 Å². The highest BCUT2D eigenvalue weighted by Gasteiger charge is 2.17. The monoisotopic (exact) mass is 330 g/mol. The number of rotatable bonds is 5. The van der Waals surface area contributed by atoms with Crippen LogP contribution >= 0.6 is 11.3 Å². The molecule has 4 heteroatoms. The van der Waals surface area contributed by atoms with Gasteiger partial charge in [0.15, 0.2) is 0 Å². The number of hydrogen-bond acceptors (Lipinski definition) is 3. The van der Waals surface area contributed by atoms with Crippen LogP contribution in [-0.4, -0.2) is 31.4 Å². The Bertz CT molecular complexity index is 624. The van der Waals surface area contributed by atoms with Crippen molar-refractivity contribution in [1.29, 1.82) is 0 Å². The van der Waals surface area contributed by atoms with Crippen LogP contribution in [0, 0.1) is 0 Å². The van der Waals surface area contributed by atoms with Crippen molar-refractivity contribution >= 4 is 17.2 Å². The molecule has 1 N–H and O–H groups in total. The van der Waals surface area contributed by atoms with Crippen LogP contribution in [0.15, 0.2) is 41.8 Å². The molecule has 0 saturated heterocycles. The number of thiophene rings is 1. The Morgan fingerprint density at radius 3 is 2.30 bits per heavy atom. The van der Waals surface area contributed by atoms with E-state index in [0.29, 0.717) is 12.1 Å². The van der Waals surface area contributed by atoms with Crippen molar-refractivity contribution in [3.05, 3.63) is 57.8 Å². The molecule has 0 spiro atoms. The number of amides is 1. The predicted octanol–water partition coefficient (Wildman–Crippen LogP) is 4.08. The van der Waals surface area contributed by atoms with E-state index < -0.39 is 0 Å². The Kier molecular flexibility index (Phi) is 5.60. The number of hydrogen-bond donors (Lipinski definition) is 1. The third-order valence-corrected chi connectivity index (χ3v) is 4.94. The Balaban J connectivity index is 2.01. The van der Waals surface area contributed by atoms with E-state index in [0.717, 1.165) is 0 Å². The largest absolute Gasteiger partial charge is 0.350 e. The second-order valence-electron chi connectivity index (χ2n) is 7.03. The van der Waals surface area contributed by atoms with Crippen LogP contribution in [0.4, 0.5) is 0 Å². The summed E-state index contributed by atoms with van der Waals surface area (Å²) in [6.07, 6.45) is 0. The van der Waals surface area contributed by atoms with Gasteiger partial charge in [-0.05, 0) is 48.7 Å². The highest BCUT2D eigenvalue weighted by atomic mass is 32.1. The minimum Gasteiger partial charge on any atom is -0.350 e. The molecule has 1 amide bonds. The summed E-state index contributed by atoms with van der Waals surface area (Å²) in [4.78, 5) is 15.8. The zero-order valence-corrected chi connectivity index (χ0v) is 15.4. The first-order valence-electron chi connectivity index (χ1n) is 7.87. The van der Waals surface area contributed by atoms with E-state index in [2.05, 4.69) is 42.4 Å². The van der Waals surface area contributed by atoms with E-state index in [-0.39, 0.29) is 17.4 Å². The molecule has 3 nitrogen and oxygen atoms in total. The van der Waals surface area contributed by atoms with E-state index in [4.69, 9.17) is 0 Å². The van der Waals surface area contributed by atoms with Gasteiger partial charge in [0.1, 0.15) is 0 Å². The number of nitrogens with one attached hydrogen (secondary N) is 1. The standard InChI is InChI=1S/C19H26N2OS/c1-19(2,3)15-10-8-14(9-11-15)18(22)20-13-16(21(4)5)17-7-6-12-23-17/h6-12,16H,13H2,1-5H3,(H,20,22). The van der Waals surface area contributed by atoms with Crippen LogP contribution < -0.4 is 5.32 Å². The van der Waals surface area contributed by atoms with Crippen molar-refractivity contribution in [2.45, 2.75) is 32.2 Å². The van der Waals surface area contributed by atoms with Crippen LogP contribution in [0.25, 0.3) is 0 Å². The minimum absolute atomic E-state index is 0.0196. The molecule has 1 aromatic heterocycles. The van der Waals surface area contributed by atoms with Crippen LogP contribution in [0.2, 0.25) is 0 Å². The fourth-order valence-corrected chi connectivity index (χ4v) is 3.35. The summed E-state index contributed by atoms with van der Waals surface area (Å²) >= 11 is 1.72. The van der Waals surface area contributed by atoms with Gasteiger partial charge in [-0.3, -0.25) is 4.79 Å². The highest BCUT2D eigenvalue weighted by Crippen LogP contribution is 2.23. The van der Waals surface area contributed by atoms with Gasteiger partial charge in [-0.2, -0.15) is 0 Å². The van der Waals surface area contributed by atoms with Gasteiger partial charge in [0.2, 0.25) is 0 Å². The van der Waals surface area contributed by atoms with E-state index in [1.165, 1.54) is 10.4 Å². The Labute approximate surface area is 143 Å². The van der Waals surface area contributed by atoms with E-state index >= 15 is 0 Å². The molecule has 2 rings (SSSR count). The van der Waals surface area contributed by atoms with Crippen molar-refractivity contribution < 1.29 is 4.79 Å². The first-order valence-corrected chi connectivity index (χ1v) is 8.75. The Morgan fingerprint density at radius 2 is 1.83 bits per heavy atom. The minimum atomic E-state index is -0.0196. The van der Waals surface area contributed by atoms with Gasteiger partial charge in [-0.1, -0.05) is 39.0 Å². The van der Waals surface area contributed by atoms with Crippen molar-refractivity contribution in [2.24, 2.45) is 0 Å². The van der Waals surface area contributed by atoms with Gasteiger partial charge in [-0.25, -0.2) is 0 Å². The lowest BCUT2D eigenvalue weighted by molar-refractivity contribution is 0.0942. The van der Waals surface area contributed by atoms with E-state index in [1.807, 2.05) is 44.4 Å². The molecule has 0 aliphatic carbocycles. The lowest BCUT2D eigenvalue weighted by atomic mass is 9.87. The fourth-order valence-electron chi connectivity index (χ4n) is 2.43.